The lowest BCUT2D eigenvalue weighted by atomic mass is 10.1. The Kier molecular flexibility index (Phi) is 6.02. The molecule has 8 nitrogen and oxygen atoms in total. The van der Waals surface area contributed by atoms with Crippen LogP contribution in [0, 0.1) is 11.3 Å². The molecule has 3 heterocycles. The minimum Gasteiger partial charge on any atom is -0.461 e. The monoisotopic (exact) mass is 437 g/mol. The Balaban J connectivity index is 1.85. The van der Waals surface area contributed by atoms with Gasteiger partial charge in [-0.25, -0.2) is 4.98 Å². The number of esters is 1. The number of fused-ring (bicyclic) bond motifs is 1. The molecule has 0 bridgehead atoms. The summed E-state index contributed by atoms with van der Waals surface area (Å²) >= 11 is 1.29. The lowest BCUT2D eigenvalue weighted by molar-refractivity contribution is -0.142. The van der Waals surface area contributed by atoms with E-state index in [4.69, 9.17) is 15.5 Å². The molecule has 0 aliphatic carbocycles. The predicted octanol–water partition coefficient (Wildman–Crippen LogP) is 2.37. The van der Waals surface area contributed by atoms with Crippen molar-refractivity contribution >= 4 is 33.5 Å². The molecular weight excluding hydrogens is 414 g/mol. The van der Waals surface area contributed by atoms with Gasteiger partial charge in [0.1, 0.15) is 11.3 Å². The summed E-state index contributed by atoms with van der Waals surface area (Å²) in [7, 11) is 0. The Morgan fingerprint density at radius 2 is 2.19 bits per heavy atom. The van der Waals surface area contributed by atoms with Gasteiger partial charge in [0.05, 0.1) is 23.7 Å². The molecule has 0 unspecified atom stereocenters. The van der Waals surface area contributed by atoms with Gasteiger partial charge in [0.15, 0.2) is 0 Å². The van der Waals surface area contributed by atoms with Gasteiger partial charge in [0.25, 0.3) is 5.56 Å². The van der Waals surface area contributed by atoms with Crippen LogP contribution in [0.2, 0.25) is 0 Å². The summed E-state index contributed by atoms with van der Waals surface area (Å²) in [5, 5.41) is 11.3. The number of aromatic nitrogens is 2. The van der Waals surface area contributed by atoms with E-state index in [0.29, 0.717) is 33.8 Å². The number of hydrogen-bond acceptors (Lipinski definition) is 8. The van der Waals surface area contributed by atoms with Crippen molar-refractivity contribution in [2.75, 3.05) is 18.0 Å². The first-order valence-corrected chi connectivity index (χ1v) is 11.0. The van der Waals surface area contributed by atoms with Gasteiger partial charge < -0.3 is 15.4 Å². The number of carbonyl (C=O) groups is 1. The van der Waals surface area contributed by atoms with Gasteiger partial charge >= 0.3 is 5.97 Å². The third kappa shape index (κ3) is 4.31. The Bertz CT molecular complexity index is 1230. The Labute approximate surface area is 183 Å². The van der Waals surface area contributed by atoms with Crippen molar-refractivity contribution in [3.05, 3.63) is 56.7 Å². The molecule has 0 saturated carbocycles. The molecular formula is C22H23N5O3S. The zero-order valence-electron chi connectivity index (χ0n) is 17.2. The summed E-state index contributed by atoms with van der Waals surface area (Å²) in [6.07, 6.45) is 1.84. The van der Waals surface area contributed by atoms with Crippen molar-refractivity contribution in [1.82, 2.24) is 9.55 Å². The molecule has 2 aromatic heterocycles. The molecule has 0 radical (unpaired) electrons. The van der Waals surface area contributed by atoms with Gasteiger partial charge in [0.2, 0.25) is 5.95 Å². The lowest BCUT2D eigenvalue weighted by Crippen LogP contribution is -2.45. The van der Waals surface area contributed by atoms with E-state index in [-0.39, 0.29) is 30.7 Å². The number of rotatable bonds is 5. The zero-order valence-corrected chi connectivity index (χ0v) is 18.0. The number of carbonyl (C=O) groups excluding carboxylic acids is 1. The van der Waals surface area contributed by atoms with Gasteiger partial charge in [-0.05, 0) is 24.5 Å². The van der Waals surface area contributed by atoms with E-state index in [1.165, 1.54) is 18.3 Å². The van der Waals surface area contributed by atoms with E-state index in [9.17, 15) is 14.9 Å². The second-order valence-electron chi connectivity index (χ2n) is 7.64. The Hall–Kier alpha value is -3.22. The molecule has 31 heavy (non-hydrogen) atoms. The fourth-order valence-electron chi connectivity index (χ4n) is 3.83. The standard InChI is InChI=1S/C22H23N5O3S/c1-14(28)30-12-17-13-31-20-19(17)25-22(26-8-4-7-18(24)11-26)27(21(20)29)10-16-6-3-2-5-15(16)9-23/h2-3,5-6,13,18H,4,7-8,10-12,24H2,1H3/t18-/m1/s1. The van der Waals surface area contributed by atoms with E-state index in [1.807, 2.05) is 17.0 Å². The number of nitrogens with two attached hydrogens (primary N) is 1. The third-order valence-corrected chi connectivity index (χ3v) is 6.37. The van der Waals surface area contributed by atoms with Crippen molar-refractivity contribution < 1.29 is 9.53 Å². The molecule has 3 aromatic rings. The highest BCUT2D eigenvalue weighted by Gasteiger charge is 2.24. The normalized spacial score (nSPS) is 16.3. The number of anilines is 1. The molecule has 2 N–H and O–H groups in total. The zero-order chi connectivity index (χ0) is 22.0. The predicted molar refractivity (Wildman–Crippen MR) is 119 cm³/mol. The maximum Gasteiger partial charge on any atom is 0.302 e. The van der Waals surface area contributed by atoms with Crippen LogP contribution in [-0.2, 0) is 22.7 Å². The Morgan fingerprint density at radius 3 is 2.94 bits per heavy atom. The van der Waals surface area contributed by atoms with E-state index >= 15 is 0 Å². The average molecular weight is 438 g/mol. The summed E-state index contributed by atoms with van der Waals surface area (Å²) in [4.78, 5) is 31.7. The van der Waals surface area contributed by atoms with E-state index in [1.54, 1.807) is 22.1 Å². The molecule has 1 fully saturated rings. The van der Waals surface area contributed by atoms with Crippen molar-refractivity contribution in [2.45, 2.75) is 39.0 Å². The second-order valence-corrected chi connectivity index (χ2v) is 8.52. The summed E-state index contributed by atoms with van der Waals surface area (Å²) in [6.45, 7) is 3.00. The van der Waals surface area contributed by atoms with Crippen molar-refractivity contribution in [2.24, 2.45) is 5.73 Å². The summed E-state index contributed by atoms with van der Waals surface area (Å²) < 4.78 is 7.27. The first kappa shape index (κ1) is 21.0. The van der Waals surface area contributed by atoms with Crippen LogP contribution < -0.4 is 16.2 Å². The van der Waals surface area contributed by atoms with Crippen molar-refractivity contribution in [3.63, 3.8) is 0 Å². The number of benzene rings is 1. The van der Waals surface area contributed by atoms with Crippen molar-refractivity contribution in [3.8, 4) is 6.07 Å². The SMILES string of the molecule is CC(=O)OCc1csc2c(=O)n(Cc3ccccc3C#N)c(N3CCC[C@@H](N)C3)nc12. The molecule has 0 amide bonds. The molecule has 1 saturated heterocycles. The molecule has 1 atom stereocenters. The summed E-state index contributed by atoms with van der Waals surface area (Å²) in [5.41, 5.74) is 8.56. The largest absolute Gasteiger partial charge is 0.461 e. The van der Waals surface area contributed by atoms with Gasteiger partial charge in [-0.3, -0.25) is 14.2 Å². The lowest BCUT2D eigenvalue weighted by Gasteiger charge is -2.33. The fourth-order valence-corrected chi connectivity index (χ4v) is 4.77. The number of hydrogen-bond donors (Lipinski definition) is 1. The van der Waals surface area contributed by atoms with Crippen LogP contribution in [0.25, 0.3) is 10.2 Å². The quantitative estimate of drug-likeness (QED) is 0.610. The van der Waals surface area contributed by atoms with Gasteiger partial charge in [-0.2, -0.15) is 5.26 Å². The summed E-state index contributed by atoms with van der Waals surface area (Å²) in [5.74, 6) is 0.144. The van der Waals surface area contributed by atoms with Crippen LogP contribution >= 0.6 is 11.3 Å². The van der Waals surface area contributed by atoms with E-state index < -0.39 is 0 Å². The van der Waals surface area contributed by atoms with Crippen LogP contribution in [0.5, 0.6) is 0 Å². The minimum atomic E-state index is -0.386. The number of ether oxygens (including phenoxy) is 1. The van der Waals surface area contributed by atoms with Crippen LogP contribution in [0.15, 0.2) is 34.4 Å². The maximum absolute atomic E-state index is 13.5. The maximum atomic E-state index is 13.5. The summed E-state index contributed by atoms with van der Waals surface area (Å²) in [6, 6.07) is 9.44. The second kappa shape index (κ2) is 8.88. The van der Waals surface area contributed by atoms with Crippen LogP contribution in [0.3, 0.4) is 0 Å². The molecule has 0 spiro atoms. The fraction of sp³-hybridized carbons (Fsp3) is 0.364. The minimum absolute atomic E-state index is 0.00388. The van der Waals surface area contributed by atoms with Gasteiger partial charge in [-0.15, -0.1) is 11.3 Å². The molecule has 4 rings (SSSR count). The Morgan fingerprint density at radius 1 is 1.39 bits per heavy atom. The van der Waals surface area contributed by atoms with Gasteiger partial charge in [0, 0.05) is 37.0 Å². The van der Waals surface area contributed by atoms with Crippen LogP contribution in [0.4, 0.5) is 5.95 Å². The highest BCUT2D eigenvalue weighted by molar-refractivity contribution is 7.17. The van der Waals surface area contributed by atoms with Gasteiger partial charge in [-0.1, -0.05) is 18.2 Å². The first-order valence-electron chi connectivity index (χ1n) is 10.1. The van der Waals surface area contributed by atoms with Crippen LogP contribution in [0.1, 0.15) is 36.5 Å². The van der Waals surface area contributed by atoms with E-state index in [2.05, 4.69) is 6.07 Å². The number of nitriles is 1. The highest BCUT2D eigenvalue weighted by Crippen LogP contribution is 2.27. The number of thiophene rings is 1. The topological polar surface area (TPSA) is 114 Å². The molecule has 1 aliphatic rings. The third-order valence-electron chi connectivity index (χ3n) is 5.37. The molecule has 1 aromatic carbocycles. The molecule has 9 heteroatoms. The average Bonchev–Trinajstić information content (AvgIpc) is 3.17. The molecule has 1 aliphatic heterocycles. The van der Waals surface area contributed by atoms with Crippen molar-refractivity contribution in [1.29, 1.82) is 5.26 Å². The van der Waals surface area contributed by atoms with Crippen LogP contribution in [-0.4, -0.2) is 34.7 Å². The number of nitrogens with zero attached hydrogens (tertiary/aromatic N) is 4. The smallest absolute Gasteiger partial charge is 0.302 e. The van der Waals surface area contributed by atoms with E-state index in [0.717, 1.165) is 24.9 Å². The number of piperidine rings is 1. The highest BCUT2D eigenvalue weighted by atomic mass is 32.1. The first-order chi connectivity index (χ1) is 15.0. The molecule has 160 valence electrons.